The fourth-order valence-electron chi connectivity index (χ4n) is 1.61. The summed E-state index contributed by atoms with van der Waals surface area (Å²) in [7, 11) is 0. The van der Waals surface area contributed by atoms with Crippen LogP contribution in [0.25, 0.3) is 22.0 Å². The Morgan fingerprint density at radius 1 is 0.857 bits per heavy atom. The van der Waals surface area contributed by atoms with E-state index in [9.17, 15) is 0 Å². The zero-order valence-electron chi connectivity index (χ0n) is 7.51. The van der Waals surface area contributed by atoms with Crippen LogP contribution in [0.2, 0.25) is 0 Å². The van der Waals surface area contributed by atoms with Crippen LogP contribution in [0.3, 0.4) is 0 Å². The molecule has 2 aliphatic rings. The average molecular weight is 180 g/mol. The van der Waals surface area contributed by atoms with E-state index in [0.29, 0.717) is 0 Å². The lowest BCUT2D eigenvalue weighted by Crippen LogP contribution is -1.68. The summed E-state index contributed by atoms with van der Waals surface area (Å²) in [6.07, 6.45) is 5.52. The van der Waals surface area contributed by atoms with Crippen molar-refractivity contribution >= 4 is 10.8 Å². The molecule has 1 aromatic rings. The zero-order valence-corrected chi connectivity index (χ0v) is 7.51. The number of aromatic nitrogens is 2. The van der Waals surface area contributed by atoms with Gasteiger partial charge in [0.05, 0.1) is 11.9 Å². The van der Waals surface area contributed by atoms with Gasteiger partial charge in [-0.05, 0) is 16.8 Å². The van der Waals surface area contributed by atoms with Gasteiger partial charge in [-0.15, -0.1) is 0 Å². The molecule has 0 saturated heterocycles. The molecule has 0 fully saturated rings. The topological polar surface area (TPSA) is 25.8 Å². The van der Waals surface area contributed by atoms with Crippen LogP contribution in [-0.2, 0) is 0 Å². The number of fused-ring (bicyclic) bond motifs is 2. The first-order valence-electron chi connectivity index (χ1n) is 4.52. The molecule has 0 aliphatic carbocycles. The molecule has 3 rings (SSSR count). The lowest BCUT2D eigenvalue weighted by molar-refractivity contribution is 1.36. The first-order chi connectivity index (χ1) is 6.93. The molecule has 0 spiro atoms. The van der Waals surface area contributed by atoms with Gasteiger partial charge >= 0.3 is 0 Å². The van der Waals surface area contributed by atoms with E-state index in [1.165, 1.54) is 5.39 Å². The van der Waals surface area contributed by atoms with Gasteiger partial charge in [0.15, 0.2) is 0 Å². The first kappa shape index (κ1) is 7.44. The van der Waals surface area contributed by atoms with Crippen molar-refractivity contribution in [2.24, 2.45) is 0 Å². The molecule has 0 unspecified atom stereocenters. The molecule has 0 radical (unpaired) electrons. The highest BCUT2D eigenvalue weighted by Crippen LogP contribution is 2.21. The van der Waals surface area contributed by atoms with Gasteiger partial charge < -0.3 is 0 Å². The Hall–Kier alpha value is -1.96. The predicted molar refractivity (Wildman–Crippen MR) is 56.2 cm³/mol. The van der Waals surface area contributed by atoms with Gasteiger partial charge in [-0.2, -0.15) is 0 Å². The second kappa shape index (κ2) is 2.77. The van der Waals surface area contributed by atoms with E-state index >= 15 is 0 Å². The summed E-state index contributed by atoms with van der Waals surface area (Å²) in [6, 6.07) is 10.3. The minimum atomic E-state index is 0.946. The Bertz CT molecular complexity index is 560. The van der Waals surface area contributed by atoms with Crippen molar-refractivity contribution < 1.29 is 0 Å². The third kappa shape index (κ3) is 1.04. The summed E-state index contributed by atoms with van der Waals surface area (Å²) in [4.78, 5) is 8.44. The van der Waals surface area contributed by atoms with Crippen LogP contribution in [0.5, 0.6) is 0 Å². The number of hydrogen-bond acceptors (Lipinski definition) is 2. The van der Waals surface area contributed by atoms with Crippen molar-refractivity contribution in [1.82, 2.24) is 9.97 Å². The van der Waals surface area contributed by atoms with Gasteiger partial charge in [-0.25, -0.2) is 0 Å². The van der Waals surface area contributed by atoms with Crippen LogP contribution >= 0.6 is 0 Å². The van der Waals surface area contributed by atoms with Crippen molar-refractivity contribution in [3.05, 3.63) is 48.9 Å². The standard InChI is InChI=1S/C12H8N2/c1-2-4-10-7-14-12-8-13-6-11(12)5-9(10)3-1/h1-8H. The summed E-state index contributed by atoms with van der Waals surface area (Å²) in [6.45, 7) is 0. The smallest absolute Gasteiger partial charge is 0.0900 e. The van der Waals surface area contributed by atoms with Gasteiger partial charge in [0.1, 0.15) is 0 Å². The Labute approximate surface area is 81.6 Å². The van der Waals surface area contributed by atoms with Crippen molar-refractivity contribution in [3.63, 3.8) is 0 Å². The number of nitrogens with zero attached hydrogens (tertiary/aromatic N) is 2. The number of hydrogen-bond donors (Lipinski definition) is 0. The molecular formula is C12H8N2. The van der Waals surface area contributed by atoms with E-state index in [-0.39, 0.29) is 0 Å². The van der Waals surface area contributed by atoms with Gasteiger partial charge in [0, 0.05) is 18.0 Å². The Balaban J connectivity index is 2.48. The highest BCUT2D eigenvalue weighted by molar-refractivity contribution is 5.84. The quantitative estimate of drug-likeness (QED) is 0.531. The van der Waals surface area contributed by atoms with Gasteiger partial charge in [0.25, 0.3) is 0 Å². The summed E-state index contributed by atoms with van der Waals surface area (Å²) >= 11 is 0. The maximum atomic E-state index is 4.37. The maximum absolute atomic E-state index is 4.37. The van der Waals surface area contributed by atoms with E-state index in [1.807, 2.05) is 24.5 Å². The van der Waals surface area contributed by atoms with E-state index in [1.54, 1.807) is 6.20 Å². The molecule has 0 saturated carbocycles. The van der Waals surface area contributed by atoms with Crippen molar-refractivity contribution in [1.29, 1.82) is 0 Å². The summed E-state index contributed by atoms with van der Waals surface area (Å²) in [5, 5.41) is 2.35. The lowest BCUT2D eigenvalue weighted by Gasteiger charge is -1.88. The lowest BCUT2D eigenvalue weighted by atomic mass is 10.1. The summed E-state index contributed by atoms with van der Waals surface area (Å²) < 4.78 is 0. The molecule has 0 aromatic heterocycles. The summed E-state index contributed by atoms with van der Waals surface area (Å²) in [5.74, 6) is 0. The SMILES string of the molecule is c1ccc2cc3cncc-3ncc2c1. The van der Waals surface area contributed by atoms with Crippen LogP contribution in [0.15, 0.2) is 48.9 Å². The van der Waals surface area contributed by atoms with E-state index in [4.69, 9.17) is 0 Å². The molecule has 2 heterocycles. The van der Waals surface area contributed by atoms with Crippen LogP contribution in [0, 0.1) is 0 Å². The normalized spacial score (nSPS) is 10.9. The van der Waals surface area contributed by atoms with E-state index in [2.05, 4.69) is 28.2 Å². The molecule has 2 nitrogen and oxygen atoms in total. The molecular weight excluding hydrogens is 172 g/mol. The molecule has 0 amide bonds. The Kier molecular flexibility index (Phi) is 1.47. The van der Waals surface area contributed by atoms with Crippen LogP contribution in [0.4, 0.5) is 0 Å². The largest absolute Gasteiger partial charge is 0.262 e. The third-order valence-electron chi connectivity index (χ3n) is 2.36. The van der Waals surface area contributed by atoms with Crippen LogP contribution in [-0.4, -0.2) is 9.97 Å². The van der Waals surface area contributed by atoms with Crippen LogP contribution < -0.4 is 0 Å². The second-order valence-corrected chi connectivity index (χ2v) is 3.28. The minimum absolute atomic E-state index is 0.946. The Morgan fingerprint density at radius 2 is 1.71 bits per heavy atom. The van der Waals surface area contributed by atoms with Crippen molar-refractivity contribution in [2.45, 2.75) is 0 Å². The number of rotatable bonds is 0. The molecule has 66 valence electrons. The first-order valence-corrected chi connectivity index (χ1v) is 4.52. The summed E-state index contributed by atoms with van der Waals surface area (Å²) in [5.41, 5.74) is 2.03. The molecule has 0 atom stereocenters. The monoisotopic (exact) mass is 180 g/mol. The van der Waals surface area contributed by atoms with Crippen molar-refractivity contribution in [3.8, 4) is 11.3 Å². The van der Waals surface area contributed by atoms with Gasteiger partial charge in [-0.1, -0.05) is 24.3 Å². The highest BCUT2D eigenvalue weighted by Gasteiger charge is 2.02. The average Bonchev–Trinajstić information content (AvgIpc) is 2.58. The molecule has 14 heavy (non-hydrogen) atoms. The fraction of sp³-hybridized carbons (Fsp3) is 0. The van der Waals surface area contributed by atoms with E-state index < -0.39 is 0 Å². The number of benzene rings is 1. The minimum Gasteiger partial charge on any atom is -0.262 e. The molecule has 1 aromatic carbocycles. The highest BCUT2D eigenvalue weighted by atomic mass is 14.7. The van der Waals surface area contributed by atoms with E-state index in [0.717, 1.165) is 16.6 Å². The van der Waals surface area contributed by atoms with Gasteiger partial charge in [0.2, 0.25) is 0 Å². The molecule has 0 N–H and O–H groups in total. The second-order valence-electron chi connectivity index (χ2n) is 3.28. The Morgan fingerprint density at radius 3 is 2.64 bits per heavy atom. The molecule has 0 bridgehead atoms. The van der Waals surface area contributed by atoms with Crippen LogP contribution in [0.1, 0.15) is 0 Å². The molecule has 2 heteroatoms. The van der Waals surface area contributed by atoms with Gasteiger partial charge in [-0.3, -0.25) is 9.97 Å². The zero-order chi connectivity index (χ0) is 9.38. The third-order valence-corrected chi connectivity index (χ3v) is 2.36. The molecule has 2 aliphatic heterocycles. The fourth-order valence-corrected chi connectivity index (χ4v) is 1.61. The maximum Gasteiger partial charge on any atom is 0.0900 e. The van der Waals surface area contributed by atoms with Crippen molar-refractivity contribution in [2.75, 3.05) is 0 Å². The predicted octanol–water partition coefficient (Wildman–Crippen LogP) is 2.73.